The Bertz CT molecular complexity index is 686. The second kappa shape index (κ2) is 11.0. The molecule has 0 bridgehead atoms. The number of hydrogen-bond donors (Lipinski definition) is 1. The number of rotatable bonds is 9. The maximum atomic E-state index is 12.2. The first-order chi connectivity index (χ1) is 13.9. The van der Waals surface area contributed by atoms with Crippen molar-refractivity contribution >= 4 is 6.09 Å². The minimum absolute atomic E-state index is 0.141. The van der Waals surface area contributed by atoms with Crippen LogP contribution in [0.3, 0.4) is 0 Å². The summed E-state index contributed by atoms with van der Waals surface area (Å²) in [7, 11) is 0. The molecule has 0 fully saturated rings. The predicted octanol–water partition coefficient (Wildman–Crippen LogP) is 5.79. The third-order valence-corrected chi connectivity index (χ3v) is 4.87. The van der Waals surface area contributed by atoms with E-state index in [0.29, 0.717) is 6.54 Å². The highest BCUT2D eigenvalue weighted by Crippen LogP contribution is 2.31. The summed E-state index contributed by atoms with van der Waals surface area (Å²) in [5.74, 6) is 0. The van der Waals surface area contributed by atoms with Gasteiger partial charge in [-0.15, -0.1) is 0 Å². The summed E-state index contributed by atoms with van der Waals surface area (Å²) in [4.78, 5) is 14.7. The first kappa shape index (κ1) is 23.0. The maximum Gasteiger partial charge on any atom is 0.407 e. The highest BCUT2D eigenvalue weighted by atomic mass is 16.6. The normalized spacial score (nSPS) is 12.8. The zero-order valence-electron chi connectivity index (χ0n) is 18.5. The standard InChI is InChI=1S/C25H36N2O2/c1-6-18-27(22(7-2)19-26-24(28)29-25(3,4)5)23(20-14-10-8-11-15-20)21-16-12-9-13-17-21/h8-17,22-23H,6-7,18-19H2,1-5H3,(H,26,28). The van der Waals surface area contributed by atoms with Crippen LogP contribution in [0.15, 0.2) is 60.7 Å². The lowest BCUT2D eigenvalue weighted by Crippen LogP contribution is -2.46. The van der Waals surface area contributed by atoms with E-state index in [-0.39, 0.29) is 18.2 Å². The topological polar surface area (TPSA) is 41.6 Å². The number of benzene rings is 2. The van der Waals surface area contributed by atoms with Gasteiger partial charge in [0.25, 0.3) is 0 Å². The maximum absolute atomic E-state index is 12.2. The highest BCUT2D eigenvalue weighted by Gasteiger charge is 2.28. The van der Waals surface area contributed by atoms with Gasteiger partial charge < -0.3 is 10.1 Å². The van der Waals surface area contributed by atoms with Crippen LogP contribution < -0.4 is 5.32 Å². The molecule has 2 aromatic carbocycles. The lowest BCUT2D eigenvalue weighted by atomic mass is 9.94. The first-order valence-corrected chi connectivity index (χ1v) is 10.7. The average molecular weight is 397 g/mol. The van der Waals surface area contributed by atoms with Gasteiger partial charge in [-0.05, 0) is 51.3 Å². The third kappa shape index (κ3) is 7.21. The van der Waals surface area contributed by atoms with Crippen LogP contribution in [0.1, 0.15) is 64.6 Å². The van der Waals surface area contributed by atoms with Crippen LogP contribution in [0.4, 0.5) is 4.79 Å². The minimum atomic E-state index is -0.495. The van der Waals surface area contributed by atoms with E-state index in [1.807, 2.05) is 20.8 Å². The summed E-state index contributed by atoms with van der Waals surface area (Å²) in [6.45, 7) is 11.5. The molecule has 2 rings (SSSR count). The fraction of sp³-hybridized carbons (Fsp3) is 0.480. The number of nitrogens with zero attached hydrogens (tertiary/aromatic N) is 1. The minimum Gasteiger partial charge on any atom is -0.444 e. The molecule has 0 heterocycles. The molecule has 0 radical (unpaired) electrons. The van der Waals surface area contributed by atoms with Gasteiger partial charge in [-0.1, -0.05) is 74.5 Å². The molecule has 1 N–H and O–H groups in total. The Labute approximate surface area is 176 Å². The Morgan fingerprint density at radius 2 is 1.48 bits per heavy atom. The first-order valence-electron chi connectivity index (χ1n) is 10.7. The summed E-state index contributed by atoms with van der Waals surface area (Å²) in [6, 6.07) is 21.6. The fourth-order valence-corrected chi connectivity index (χ4v) is 3.64. The average Bonchev–Trinajstić information content (AvgIpc) is 2.69. The smallest absolute Gasteiger partial charge is 0.407 e. The van der Waals surface area contributed by atoms with E-state index >= 15 is 0 Å². The molecule has 29 heavy (non-hydrogen) atoms. The van der Waals surface area contributed by atoms with Crippen LogP contribution >= 0.6 is 0 Å². The lowest BCUT2D eigenvalue weighted by Gasteiger charge is -2.38. The van der Waals surface area contributed by atoms with Crippen molar-refractivity contribution in [1.82, 2.24) is 10.2 Å². The summed E-state index contributed by atoms with van der Waals surface area (Å²) in [5.41, 5.74) is 2.04. The molecular weight excluding hydrogens is 360 g/mol. The molecule has 4 heteroatoms. The van der Waals surface area contributed by atoms with E-state index in [9.17, 15) is 4.79 Å². The molecule has 1 unspecified atom stereocenters. The Balaban J connectivity index is 2.29. The van der Waals surface area contributed by atoms with E-state index in [1.54, 1.807) is 0 Å². The molecule has 0 aromatic heterocycles. The van der Waals surface area contributed by atoms with E-state index < -0.39 is 5.60 Å². The number of ether oxygens (including phenoxy) is 1. The summed E-state index contributed by atoms with van der Waals surface area (Å²) in [5, 5.41) is 2.98. The fourth-order valence-electron chi connectivity index (χ4n) is 3.64. The van der Waals surface area contributed by atoms with Gasteiger partial charge in [-0.3, -0.25) is 4.90 Å². The van der Waals surface area contributed by atoms with Crippen LogP contribution in [-0.2, 0) is 4.74 Å². The molecule has 0 aliphatic rings. The SMILES string of the molecule is CCCN(C(CC)CNC(=O)OC(C)(C)C)C(c1ccccc1)c1ccccc1. The zero-order chi connectivity index (χ0) is 21.3. The molecule has 1 amide bonds. The molecule has 0 saturated carbocycles. The van der Waals surface area contributed by atoms with Crippen molar-refractivity contribution in [1.29, 1.82) is 0 Å². The van der Waals surface area contributed by atoms with Crippen LogP contribution in [0.5, 0.6) is 0 Å². The van der Waals surface area contributed by atoms with Crippen LogP contribution in [-0.4, -0.2) is 35.7 Å². The van der Waals surface area contributed by atoms with E-state index in [4.69, 9.17) is 4.74 Å². The number of hydrogen-bond acceptors (Lipinski definition) is 3. The van der Waals surface area contributed by atoms with Crippen molar-refractivity contribution in [2.75, 3.05) is 13.1 Å². The van der Waals surface area contributed by atoms with E-state index in [2.05, 4.69) is 84.7 Å². The van der Waals surface area contributed by atoms with E-state index in [1.165, 1.54) is 11.1 Å². The Morgan fingerprint density at radius 3 is 1.90 bits per heavy atom. The summed E-state index contributed by atoms with van der Waals surface area (Å²) in [6.07, 6.45) is 1.62. The van der Waals surface area contributed by atoms with Gasteiger partial charge in [0.05, 0.1) is 6.04 Å². The van der Waals surface area contributed by atoms with Crippen molar-refractivity contribution < 1.29 is 9.53 Å². The van der Waals surface area contributed by atoms with E-state index in [0.717, 1.165) is 19.4 Å². The molecule has 0 saturated heterocycles. The summed E-state index contributed by atoms with van der Waals surface area (Å²) >= 11 is 0. The van der Waals surface area contributed by atoms with Crippen LogP contribution in [0.25, 0.3) is 0 Å². The van der Waals surface area contributed by atoms with Crippen molar-refractivity contribution in [3.8, 4) is 0 Å². The lowest BCUT2D eigenvalue weighted by molar-refractivity contribution is 0.0497. The van der Waals surface area contributed by atoms with Crippen molar-refractivity contribution in [3.05, 3.63) is 71.8 Å². The highest BCUT2D eigenvalue weighted by molar-refractivity contribution is 5.67. The van der Waals surface area contributed by atoms with Crippen molar-refractivity contribution in [3.63, 3.8) is 0 Å². The Hall–Kier alpha value is -2.33. The second-order valence-electron chi connectivity index (χ2n) is 8.41. The zero-order valence-corrected chi connectivity index (χ0v) is 18.5. The molecule has 2 aromatic rings. The quantitative estimate of drug-likeness (QED) is 0.583. The number of alkyl carbamates (subject to hydrolysis) is 1. The molecule has 158 valence electrons. The van der Waals surface area contributed by atoms with Gasteiger partial charge in [-0.25, -0.2) is 4.79 Å². The van der Waals surface area contributed by atoms with Crippen molar-refractivity contribution in [2.24, 2.45) is 0 Å². The number of carbonyl (C=O) groups excluding carboxylic acids is 1. The Kier molecular flexibility index (Phi) is 8.71. The van der Waals surface area contributed by atoms with Gasteiger partial charge in [-0.2, -0.15) is 0 Å². The van der Waals surface area contributed by atoms with Gasteiger partial charge in [0.15, 0.2) is 0 Å². The van der Waals surface area contributed by atoms with Gasteiger partial charge >= 0.3 is 6.09 Å². The Morgan fingerprint density at radius 1 is 0.966 bits per heavy atom. The van der Waals surface area contributed by atoms with Crippen molar-refractivity contribution in [2.45, 2.75) is 65.1 Å². The molecule has 0 spiro atoms. The van der Waals surface area contributed by atoms with Gasteiger partial charge in [0.2, 0.25) is 0 Å². The monoisotopic (exact) mass is 396 g/mol. The molecule has 4 nitrogen and oxygen atoms in total. The number of carbonyl (C=O) groups is 1. The third-order valence-electron chi connectivity index (χ3n) is 4.87. The largest absolute Gasteiger partial charge is 0.444 e. The van der Waals surface area contributed by atoms with Gasteiger partial charge in [0.1, 0.15) is 5.60 Å². The van der Waals surface area contributed by atoms with Crippen LogP contribution in [0.2, 0.25) is 0 Å². The van der Waals surface area contributed by atoms with Crippen LogP contribution in [0, 0.1) is 0 Å². The number of nitrogens with one attached hydrogen (secondary N) is 1. The molecule has 0 aliphatic heterocycles. The molecule has 1 atom stereocenters. The molecular formula is C25H36N2O2. The summed E-state index contributed by atoms with van der Waals surface area (Å²) < 4.78 is 5.43. The molecule has 0 aliphatic carbocycles. The predicted molar refractivity (Wildman–Crippen MR) is 120 cm³/mol. The second-order valence-corrected chi connectivity index (χ2v) is 8.41. The number of amides is 1. The van der Waals surface area contributed by atoms with Gasteiger partial charge in [0, 0.05) is 12.6 Å².